The van der Waals surface area contributed by atoms with E-state index in [4.69, 9.17) is 9.47 Å². The van der Waals surface area contributed by atoms with E-state index in [-0.39, 0.29) is 6.10 Å². The Morgan fingerprint density at radius 3 is 2.48 bits per heavy atom. The number of hydrogen-bond acceptors (Lipinski definition) is 4. The molecule has 0 unspecified atom stereocenters. The van der Waals surface area contributed by atoms with Crippen molar-refractivity contribution in [1.82, 2.24) is 4.90 Å². The Balaban J connectivity index is 1.53. The van der Waals surface area contributed by atoms with Crippen LogP contribution in [0.4, 0.5) is 0 Å². The van der Waals surface area contributed by atoms with Gasteiger partial charge < -0.3 is 14.6 Å². The fourth-order valence-electron chi connectivity index (χ4n) is 3.18. The molecule has 25 heavy (non-hydrogen) atoms. The summed E-state index contributed by atoms with van der Waals surface area (Å²) in [5.74, 6) is 0.787. The van der Waals surface area contributed by atoms with Gasteiger partial charge in [-0.3, -0.25) is 4.90 Å². The fourth-order valence-corrected chi connectivity index (χ4v) is 3.18. The first-order valence-electron chi connectivity index (χ1n) is 9.03. The Labute approximate surface area is 150 Å². The minimum Gasteiger partial charge on any atom is -0.491 e. The van der Waals surface area contributed by atoms with Crippen molar-refractivity contribution in [3.8, 4) is 5.75 Å². The van der Waals surface area contributed by atoms with Gasteiger partial charge in [0.2, 0.25) is 0 Å². The molecule has 2 atom stereocenters. The molecule has 1 heterocycles. The average molecular weight is 341 g/mol. The van der Waals surface area contributed by atoms with Gasteiger partial charge in [-0.05, 0) is 30.5 Å². The lowest BCUT2D eigenvalue weighted by molar-refractivity contribution is 0.0313. The molecule has 0 aromatic heterocycles. The van der Waals surface area contributed by atoms with Gasteiger partial charge in [0, 0.05) is 26.2 Å². The second-order valence-electron chi connectivity index (χ2n) is 6.59. The summed E-state index contributed by atoms with van der Waals surface area (Å²) in [5.41, 5.74) is 1.25. The lowest BCUT2D eigenvalue weighted by atomic mass is 10.1. The Morgan fingerprint density at radius 2 is 1.80 bits per heavy atom. The van der Waals surface area contributed by atoms with Gasteiger partial charge in [0.1, 0.15) is 18.5 Å². The monoisotopic (exact) mass is 341 g/mol. The van der Waals surface area contributed by atoms with Gasteiger partial charge in [-0.25, -0.2) is 0 Å². The summed E-state index contributed by atoms with van der Waals surface area (Å²) in [5, 5.41) is 10.4. The maximum absolute atomic E-state index is 10.4. The molecule has 4 heteroatoms. The van der Waals surface area contributed by atoms with E-state index in [9.17, 15) is 5.11 Å². The number of nitrogens with zero attached hydrogens (tertiary/aromatic N) is 1. The Hall–Kier alpha value is -1.88. The molecule has 1 saturated heterocycles. The number of aliphatic hydroxyl groups excluding tert-OH is 1. The Morgan fingerprint density at radius 1 is 1.08 bits per heavy atom. The molecule has 0 radical (unpaired) electrons. The van der Waals surface area contributed by atoms with Crippen LogP contribution in [-0.4, -0.2) is 48.5 Å². The zero-order chi connectivity index (χ0) is 17.3. The molecule has 1 aliphatic heterocycles. The Bertz CT molecular complexity index is 599. The third kappa shape index (κ3) is 6.16. The quantitative estimate of drug-likeness (QED) is 0.761. The van der Waals surface area contributed by atoms with Crippen molar-refractivity contribution in [2.75, 3.05) is 26.3 Å². The van der Waals surface area contributed by atoms with Gasteiger partial charge in [0.05, 0.1) is 6.10 Å². The van der Waals surface area contributed by atoms with E-state index in [1.807, 2.05) is 36.4 Å². The van der Waals surface area contributed by atoms with Crippen molar-refractivity contribution in [2.24, 2.45) is 0 Å². The number of para-hydroxylation sites is 1. The second kappa shape index (κ2) is 9.56. The van der Waals surface area contributed by atoms with E-state index in [2.05, 4.69) is 29.2 Å². The molecule has 3 rings (SSSR count). The number of rotatable bonds is 9. The van der Waals surface area contributed by atoms with Gasteiger partial charge in [-0.15, -0.1) is 0 Å². The van der Waals surface area contributed by atoms with Crippen LogP contribution in [0.5, 0.6) is 5.75 Å². The van der Waals surface area contributed by atoms with Crippen LogP contribution in [0.15, 0.2) is 60.7 Å². The predicted molar refractivity (Wildman–Crippen MR) is 98.6 cm³/mol. The molecule has 2 aromatic carbocycles. The van der Waals surface area contributed by atoms with Gasteiger partial charge >= 0.3 is 0 Å². The van der Waals surface area contributed by atoms with E-state index in [1.165, 1.54) is 5.56 Å². The van der Waals surface area contributed by atoms with Gasteiger partial charge in [-0.2, -0.15) is 0 Å². The topological polar surface area (TPSA) is 41.9 Å². The van der Waals surface area contributed by atoms with E-state index >= 15 is 0 Å². The zero-order valence-corrected chi connectivity index (χ0v) is 14.6. The van der Waals surface area contributed by atoms with E-state index in [0.717, 1.165) is 38.3 Å². The molecule has 4 nitrogen and oxygen atoms in total. The van der Waals surface area contributed by atoms with Crippen LogP contribution >= 0.6 is 0 Å². The largest absolute Gasteiger partial charge is 0.491 e. The smallest absolute Gasteiger partial charge is 0.119 e. The molecular formula is C21H27NO3. The number of aliphatic hydroxyl groups is 1. The molecule has 0 bridgehead atoms. The van der Waals surface area contributed by atoms with Crippen LogP contribution in [0, 0.1) is 0 Å². The lowest BCUT2D eigenvalue weighted by Gasteiger charge is -2.27. The van der Waals surface area contributed by atoms with Crippen LogP contribution in [0.2, 0.25) is 0 Å². The number of benzene rings is 2. The van der Waals surface area contributed by atoms with Crippen molar-refractivity contribution < 1.29 is 14.6 Å². The molecular weight excluding hydrogens is 314 g/mol. The molecule has 0 aliphatic carbocycles. The minimum atomic E-state index is -0.537. The Kier molecular flexibility index (Phi) is 6.86. The third-order valence-corrected chi connectivity index (χ3v) is 4.39. The van der Waals surface area contributed by atoms with Crippen LogP contribution in [0.25, 0.3) is 0 Å². The van der Waals surface area contributed by atoms with Gasteiger partial charge in [0.25, 0.3) is 0 Å². The molecule has 0 saturated carbocycles. The highest BCUT2D eigenvalue weighted by atomic mass is 16.5. The first kappa shape index (κ1) is 17.9. The normalized spacial score (nSPS) is 18.4. The third-order valence-electron chi connectivity index (χ3n) is 4.39. The summed E-state index contributed by atoms with van der Waals surface area (Å²) in [6.45, 7) is 3.37. The molecule has 1 aliphatic rings. The zero-order valence-electron chi connectivity index (χ0n) is 14.6. The van der Waals surface area contributed by atoms with Crippen LogP contribution in [0.1, 0.15) is 18.4 Å². The highest BCUT2D eigenvalue weighted by Crippen LogP contribution is 2.16. The molecule has 1 N–H and O–H groups in total. The molecule has 2 aromatic rings. The molecule has 134 valence electrons. The van der Waals surface area contributed by atoms with Crippen LogP contribution in [-0.2, 0) is 11.3 Å². The van der Waals surface area contributed by atoms with Crippen LogP contribution < -0.4 is 4.74 Å². The van der Waals surface area contributed by atoms with Crippen molar-refractivity contribution in [1.29, 1.82) is 0 Å². The highest BCUT2D eigenvalue weighted by Gasteiger charge is 2.21. The summed E-state index contributed by atoms with van der Waals surface area (Å²) >= 11 is 0. The first-order valence-corrected chi connectivity index (χ1v) is 9.03. The van der Waals surface area contributed by atoms with Crippen molar-refractivity contribution >= 4 is 0 Å². The summed E-state index contributed by atoms with van der Waals surface area (Å²) in [6, 6.07) is 20.0. The maximum Gasteiger partial charge on any atom is 0.119 e. The van der Waals surface area contributed by atoms with Gasteiger partial charge in [0.15, 0.2) is 0 Å². The first-order chi connectivity index (χ1) is 12.3. The second-order valence-corrected chi connectivity index (χ2v) is 6.59. The predicted octanol–water partition coefficient (Wildman–Crippen LogP) is 3.11. The highest BCUT2D eigenvalue weighted by molar-refractivity contribution is 5.21. The lowest BCUT2D eigenvalue weighted by Crippen LogP contribution is -2.39. The number of hydrogen-bond donors (Lipinski definition) is 1. The van der Waals surface area contributed by atoms with Crippen LogP contribution in [0.3, 0.4) is 0 Å². The molecule has 0 amide bonds. The average Bonchev–Trinajstić information content (AvgIpc) is 3.15. The summed E-state index contributed by atoms with van der Waals surface area (Å²) < 4.78 is 11.5. The van der Waals surface area contributed by atoms with Gasteiger partial charge in [-0.1, -0.05) is 48.5 Å². The SMILES string of the molecule is O[C@@H](COc1ccccc1)CN(Cc1ccccc1)C[C@@H]1CCCO1. The van der Waals surface area contributed by atoms with Crippen molar-refractivity contribution in [3.63, 3.8) is 0 Å². The molecule has 0 spiro atoms. The molecule has 1 fully saturated rings. The van der Waals surface area contributed by atoms with Crippen molar-refractivity contribution in [3.05, 3.63) is 66.2 Å². The van der Waals surface area contributed by atoms with E-state index in [1.54, 1.807) is 0 Å². The summed E-state index contributed by atoms with van der Waals surface area (Å²) in [7, 11) is 0. The van der Waals surface area contributed by atoms with E-state index < -0.39 is 6.10 Å². The van der Waals surface area contributed by atoms with Crippen molar-refractivity contribution in [2.45, 2.75) is 31.6 Å². The summed E-state index contributed by atoms with van der Waals surface area (Å²) in [4.78, 5) is 2.27. The maximum atomic E-state index is 10.4. The summed E-state index contributed by atoms with van der Waals surface area (Å²) in [6.07, 6.45) is 1.96. The number of ether oxygens (including phenoxy) is 2. The fraction of sp³-hybridized carbons (Fsp3) is 0.429. The van der Waals surface area contributed by atoms with E-state index in [0.29, 0.717) is 13.2 Å². The standard InChI is InChI=1S/C21H27NO3/c23-19(17-25-20-10-5-2-6-11-20)15-22(16-21-12-7-13-24-21)14-18-8-3-1-4-9-18/h1-6,8-11,19,21,23H,7,12-17H2/t19-,21+/m1/s1. The minimum absolute atomic E-state index is 0.269.